The van der Waals surface area contributed by atoms with Crippen molar-refractivity contribution < 1.29 is 5.11 Å². The van der Waals surface area contributed by atoms with Gasteiger partial charge >= 0.3 is 0 Å². The zero-order valence-electron chi connectivity index (χ0n) is 10.8. The summed E-state index contributed by atoms with van der Waals surface area (Å²) < 4.78 is 0. The van der Waals surface area contributed by atoms with E-state index in [9.17, 15) is 0 Å². The van der Waals surface area contributed by atoms with E-state index < -0.39 is 0 Å². The van der Waals surface area contributed by atoms with Crippen LogP contribution in [0.1, 0.15) is 25.3 Å². The van der Waals surface area contributed by atoms with Gasteiger partial charge in [-0.05, 0) is 25.1 Å². The molecule has 96 valence electrons. The lowest BCUT2D eigenvalue weighted by molar-refractivity contribution is 0.301. The molecule has 0 aliphatic heterocycles. The van der Waals surface area contributed by atoms with Crippen LogP contribution >= 0.6 is 0 Å². The van der Waals surface area contributed by atoms with Gasteiger partial charge in [0.15, 0.2) is 0 Å². The summed E-state index contributed by atoms with van der Waals surface area (Å²) in [4.78, 5) is 6.58. The average molecular weight is 237 g/mol. The molecule has 0 aliphatic rings. The van der Waals surface area contributed by atoms with Crippen LogP contribution in [0.3, 0.4) is 0 Å². The summed E-state index contributed by atoms with van der Waals surface area (Å²) in [5.74, 6) is 0.951. The molecule has 1 heterocycles. The largest absolute Gasteiger partial charge is 0.395 e. The number of aliphatic hydroxyl groups is 1. The second-order valence-corrected chi connectivity index (χ2v) is 4.12. The fourth-order valence-corrected chi connectivity index (χ4v) is 1.72. The fraction of sp³-hybridized carbons (Fsp3) is 0.615. The average Bonchev–Trinajstić information content (AvgIpc) is 2.36. The number of hydrogen-bond acceptors (Lipinski definition) is 4. The minimum absolute atomic E-state index is 0.170. The Hall–Kier alpha value is -1.13. The lowest BCUT2D eigenvalue weighted by atomic mass is 10.2. The van der Waals surface area contributed by atoms with E-state index in [4.69, 9.17) is 5.11 Å². The molecular weight excluding hydrogens is 214 g/mol. The molecule has 0 aromatic carbocycles. The van der Waals surface area contributed by atoms with Crippen LogP contribution in [0.25, 0.3) is 0 Å². The summed E-state index contributed by atoms with van der Waals surface area (Å²) in [6.07, 6.45) is 4.17. The van der Waals surface area contributed by atoms with Gasteiger partial charge in [0.05, 0.1) is 6.61 Å². The Bertz CT molecular complexity index is 300. The number of pyridine rings is 1. The van der Waals surface area contributed by atoms with Gasteiger partial charge in [0.1, 0.15) is 5.82 Å². The van der Waals surface area contributed by atoms with Crippen molar-refractivity contribution in [1.82, 2.24) is 10.3 Å². The Morgan fingerprint density at radius 3 is 2.71 bits per heavy atom. The second-order valence-electron chi connectivity index (χ2n) is 4.12. The first kappa shape index (κ1) is 13.9. The first-order chi connectivity index (χ1) is 8.31. The standard InChI is InChI=1S/C13H23N3O/c1-3-4-7-16(8-9-17)13-6-5-12(10-14-2)11-15-13/h5-6,11,14,17H,3-4,7-10H2,1-2H3. The quantitative estimate of drug-likeness (QED) is 0.717. The maximum absolute atomic E-state index is 9.06. The van der Waals surface area contributed by atoms with E-state index in [1.165, 1.54) is 5.56 Å². The Kier molecular flexibility index (Phi) is 6.58. The number of unbranched alkanes of at least 4 members (excludes halogenated alkanes) is 1. The van der Waals surface area contributed by atoms with E-state index in [1.54, 1.807) is 0 Å². The van der Waals surface area contributed by atoms with Crippen LogP contribution in [0.2, 0.25) is 0 Å². The normalized spacial score (nSPS) is 10.5. The molecule has 0 spiro atoms. The number of anilines is 1. The molecule has 0 saturated heterocycles. The maximum atomic E-state index is 9.06. The number of nitrogens with one attached hydrogen (secondary N) is 1. The van der Waals surface area contributed by atoms with E-state index in [0.717, 1.165) is 31.7 Å². The van der Waals surface area contributed by atoms with E-state index in [0.29, 0.717) is 6.54 Å². The van der Waals surface area contributed by atoms with Gasteiger partial charge in [-0.2, -0.15) is 0 Å². The third-order valence-corrected chi connectivity index (χ3v) is 2.67. The first-order valence-electron chi connectivity index (χ1n) is 6.27. The number of hydrogen-bond donors (Lipinski definition) is 2. The Morgan fingerprint density at radius 2 is 2.18 bits per heavy atom. The fourth-order valence-electron chi connectivity index (χ4n) is 1.72. The molecular formula is C13H23N3O. The van der Waals surface area contributed by atoms with Gasteiger partial charge in [0, 0.05) is 25.8 Å². The monoisotopic (exact) mass is 237 g/mol. The molecule has 1 aromatic heterocycles. The lowest BCUT2D eigenvalue weighted by Gasteiger charge is -2.22. The van der Waals surface area contributed by atoms with Crippen LogP contribution in [0.4, 0.5) is 5.82 Å². The number of rotatable bonds is 8. The summed E-state index contributed by atoms with van der Waals surface area (Å²) in [7, 11) is 1.92. The molecule has 0 amide bonds. The molecule has 2 N–H and O–H groups in total. The maximum Gasteiger partial charge on any atom is 0.128 e. The molecule has 0 bridgehead atoms. The van der Waals surface area contributed by atoms with Gasteiger partial charge in [-0.3, -0.25) is 0 Å². The van der Waals surface area contributed by atoms with E-state index in [2.05, 4.69) is 28.2 Å². The summed E-state index contributed by atoms with van der Waals surface area (Å²) in [6.45, 7) is 4.78. The van der Waals surface area contributed by atoms with Gasteiger partial charge in [-0.25, -0.2) is 4.98 Å². The van der Waals surface area contributed by atoms with Crippen LogP contribution < -0.4 is 10.2 Å². The summed E-state index contributed by atoms with van der Waals surface area (Å²) >= 11 is 0. The van der Waals surface area contributed by atoms with Crippen molar-refractivity contribution in [2.75, 3.05) is 31.6 Å². The highest BCUT2D eigenvalue weighted by Gasteiger charge is 2.06. The molecule has 0 unspecified atom stereocenters. The highest BCUT2D eigenvalue weighted by molar-refractivity contribution is 5.39. The zero-order chi connectivity index (χ0) is 12.5. The van der Waals surface area contributed by atoms with Gasteiger partial charge in [0.25, 0.3) is 0 Å². The third kappa shape index (κ3) is 4.71. The van der Waals surface area contributed by atoms with Gasteiger partial charge in [-0.1, -0.05) is 19.4 Å². The van der Waals surface area contributed by atoms with Crippen LogP contribution in [0, 0.1) is 0 Å². The van der Waals surface area contributed by atoms with Crippen molar-refractivity contribution in [3.05, 3.63) is 23.9 Å². The molecule has 0 aliphatic carbocycles. The smallest absolute Gasteiger partial charge is 0.128 e. The molecule has 0 radical (unpaired) electrons. The van der Waals surface area contributed by atoms with Crippen LogP contribution in [0.5, 0.6) is 0 Å². The Balaban J connectivity index is 2.65. The molecule has 17 heavy (non-hydrogen) atoms. The van der Waals surface area contributed by atoms with Crippen molar-refractivity contribution in [1.29, 1.82) is 0 Å². The summed E-state index contributed by atoms with van der Waals surface area (Å²) in [5, 5.41) is 12.2. The van der Waals surface area contributed by atoms with Crippen molar-refractivity contribution in [3.8, 4) is 0 Å². The van der Waals surface area contributed by atoms with E-state index in [1.807, 2.05) is 19.3 Å². The predicted molar refractivity (Wildman–Crippen MR) is 71.2 cm³/mol. The SMILES string of the molecule is CCCCN(CCO)c1ccc(CNC)cn1. The topological polar surface area (TPSA) is 48.4 Å². The predicted octanol–water partition coefficient (Wildman–Crippen LogP) is 1.40. The van der Waals surface area contributed by atoms with Crippen LogP contribution in [0.15, 0.2) is 18.3 Å². The molecule has 1 rings (SSSR count). The van der Waals surface area contributed by atoms with Crippen LogP contribution in [-0.2, 0) is 6.54 Å². The minimum Gasteiger partial charge on any atom is -0.395 e. The first-order valence-corrected chi connectivity index (χ1v) is 6.27. The minimum atomic E-state index is 0.170. The van der Waals surface area contributed by atoms with Crippen molar-refractivity contribution in [2.24, 2.45) is 0 Å². The summed E-state index contributed by atoms with van der Waals surface area (Å²) in [5.41, 5.74) is 1.18. The van der Waals surface area contributed by atoms with Crippen LogP contribution in [-0.4, -0.2) is 36.8 Å². The molecule has 0 saturated carbocycles. The lowest BCUT2D eigenvalue weighted by Crippen LogP contribution is -2.28. The number of nitrogens with zero attached hydrogens (tertiary/aromatic N) is 2. The molecule has 0 fully saturated rings. The molecule has 4 heteroatoms. The van der Waals surface area contributed by atoms with E-state index in [-0.39, 0.29) is 6.61 Å². The molecule has 0 atom stereocenters. The Morgan fingerprint density at radius 1 is 1.35 bits per heavy atom. The number of aromatic nitrogens is 1. The van der Waals surface area contributed by atoms with Gasteiger partial charge in [-0.15, -0.1) is 0 Å². The highest BCUT2D eigenvalue weighted by atomic mass is 16.3. The summed E-state index contributed by atoms with van der Waals surface area (Å²) in [6, 6.07) is 4.10. The van der Waals surface area contributed by atoms with Crippen molar-refractivity contribution in [2.45, 2.75) is 26.3 Å². The van der Waals surface area contributed by atoms with Crippen molar-refractivity contribution in [3.63, 3.8) is 0 Å². The molecule has 4 nitrogen and oxygen atoms in total. The van der Waals surface area contributed by atoms with Gasteiger partial charge < -0.3 is 15.3 Å². The second kappa shape index (κ2) is 8.03. The third-order valence-electron chi connectivity index (χ3n) is 2.67. The van der Waals surface area contributed by atoms with E-state index >= 15 is 0 Å². The zero-order valence-corrected chi connectivity index (χ0v) is 10.8. The highest BCUT2D eigenvalue weighted by Crippen LogP contribution is 2.12. The Labute approximate surface area is 104 Å². The van der Waals surface area contributed by atoms with Crippen molar-refractivity contribution >= 4 is 5.82 Å². The number of aliphatic hydroxyl groups excluding tert-OH is 1. The molecule has 1 aromatic rings. The van der Waals surface area contributed by atoms with Gasteiger partial charge in [0.2, 0.25) is 0 Å².